The summed E-state index contributed by atoms with van der Waals surface area (Å²) in [6, 6.07) is 16.1. The average Bonchev–Trinajstić information content (AvgIpc) is 3.05. The third-order valence-corrected chi connectivity index (χ3v) is 5.13. The Morgan fingerprint density at radius 1 is 1.16 bits per heavy atom. The minimum atomic E-state index is 0.0781. The molecule has 25 heavy (non-hydrogen) atoms. The van der Waals surface area contributed by atoms with Crippen molar-refractivity contribution in [2.75, 3.05) is 26.2 Å². The van der Waals surface area contributed by atoms with Crippen LogP contribution in [0, 0.1) is 5.92 Å². The predicted molar refractivity (Wildman–Crippen MR) is 97.8 cm³/mol. The van der Waals surface area contributed by atoms with Gasteiger partial charge in [-0.3, -0.25) is 4.79 Å². The molecule has 2 aromatic rings. The quantitative estimate of drug-likeness (QED) is 0.937. The molecule has 130 valence electrons. The van der Waals surface area contributed by atoms with Gasteiger partial charge in [-0.05, 0) is 55.6 Å². The lowest BCUT2D eigenvalue weighted by atomic mass is 9.98. The highest BCUT2D eigenvalue weighted by atomic mass is 16.5. The second kappa shape index (κ2) is 7.28. The van der Waals surface area contributed by atoms with Crippen LogP contribution in [0.5, 0.6) is 5.75 Å². The molecule has 2 aromatic carbocycles. The number of amides is 1. The number of para-hydroxylation sites is 1. The smallest absolute Gasteiger partial charge is 0.254 e. The summed E-state index contributed by atoms with van der Waals surface area (Å²) in [5, 5.41) is 3.41. The van der Waals surface area contributed by atoms with E-state index in [4.69, 9.17) is 4.74 Å². The van der Waals surface area contributed by atoms with Gasteiger partial charge in [0, 0.05) is 17.7 Å². The van der Waals surface area contributed by atoms with Crippen molar-refractivity contribution < 1.29 is 9.53 Å². The molecule has 2 heterocycles. The van der Waals surface area contributed by atoms with Gasteiger partial charge in [0.15, 0.2) is 0 Å². The van der Waals surface area contributed by atoms with Gasteiger partial charge in [0.2, 0.25) is 0 Å². The number of carbonyl (C=O) groups excluding carboxylic acids is 1. The van der Waals surface area contributed by atoms with Gasteiger partial charge in [-0.25, -0.2) is 0 Å². The number of fused-ring (bicyclic) bond motifs is 1. The van der Waals surface area contributed by atoms with Crippen molar-refractivity contribution in [1.82, 2.24) is 10.2 Å². The standard InChI is InChI=1S/C21H24N2O2/c24-21(23-11-12-25-20-4-2-1-3-19(20)15-23)18-7-5-16(6-8-18)13-17-9-10-22-14-17/h1-8,17,22H,9-15H2. The maximum absolute atomic E-state index is 12.9. The Morgan fingerprint density at radius 2 is 2.00 bits per heavy atom. The maximum Gasteiger partial charge on any atom is 0.254 e. The average molecular weight is 336 g/mol. The van der Waals surface area contributed by atoms with E-state index in [9.17, 15) is 4.79 Å². The molecule has 0 bridgehead atoms. The van der Waals surface area contributed by atoms with Gasteiger partial charge in [0.05, 0.1) is 6.54 Å². The van der Waals surface area contributed by atoms with E-state index < -0.39 is 0 Å². The van der Waals surface area contributed by atoms with E-state index in [0.717, 1.165) is 42.3 Å². The van der Waals surface area contributed by atoms with E-state index in [0.29, 0.717) is 19.7 Å². The molecule has 2 aliphatic rings. The normalized spacial score (nSPS) is 19.8. The number of rotatable bonds is 3. The van der Waals surface area contributed by atoms with E-state index in [1.165, 1.54) is 12.0 Å². The number of carbonyl (C=O) groups is 1. The lowest BCUT2D eigenvalue weighted by molar-refractivity contribution is 0.0733. The highest BCUT2D eigenvalue weighted by molar-refractivity contribution is 5.94. The van der Waals surface area contributed by atoms with Crippen LogP contribution in [0.3, 0.4) is 0 Å². The van der Waals surface area contributed by atoms with Crippen LogP contribution in [0.15, 0.2) is 48.5 Å². The summed E-state index contributed by atoms with van der Waals surface area (Å²) in [6.45, 7) is 3.98. The third-order valence-electron chi connectivity index (χ3n) is 5.13. The van der Waals surface area contributed by atoms with Gasteiger partial charge in [0.25, 0.3) is 5.91 Å². The monoisotopic (exact) mass is 336 g/mol. The van der Waals surface area contributed by atoms with Crippen molar-refractivity contribution in [2.24, 2.45) is 5.92 Å². The molecule has 0 saturated carbocycles. The minimum Gasteiger partial charge on any atom is -0.491 e. The van der Waals surface area contributed by atoms with Crippen molar-refractivity contribution in [3.8, 4) is 5.75 Å². The molecule has 1 atom stereocenters. The summed E-state index contributed by atoms with van der Waals surface area (Å²) in [7, 11) is 0. The van der Waals surface area contributed by atoms with Crippen molar-refractivity contribution in [1.29, 1.82) is 0 Å². The van der Waals surface area contributed by atoms with Gasteiger partial charge < -0.3 is 15.0 Å². The molecule has 0 spiro atoms. The van der Waals surface area contributed by atoms with Gasteiger partial charge in [-0.1, -0.05) is 30.3 Å². The summed E-state index contributed by atoms with van der Waals surface area (Å²) in [5.74, 6) is 1.69. The van der Waals surface area contributed by atoms with E-state index in [-0.39, 0.29) is 5.91 Å². The molecular weight excluding hydrogens is 312 g/mol. The molecule has 4 rings (SSSR count). The van der Waals surface area contributed by atoms with E-state index >= 15 is 0 Å². The Labute approximate surface area is 148 Å². The number of hydrogen-bond donors (Lipinski definition) is 1. The molecule has 1 fully saturated rings. The molecule has 4 nitrogen and oxygen atoms in total. The van der Waals surface area contributed by atoms with Crippen molar-refractivity contribution in [3.05, 3.63) is 65.2 Å². The van der Waals surface area contributed by atoms with Crippen LogP contribution in [0.25, 0.3) is 0 Å². The fraction of sp³-hybridized carbons (Fsp3) is 0.381. The molecule has 4 heteroatoms. The van der Waals surface area contributed by atoms with Crippen molar-refractivity contribution in [2.45, 2.75) is 19.4 Å². The summed E-state index contributed by atoms with van der Waals surface area (Å²) < 4.78 is 5.76. The molecule has 1 amide bonds. The molecule has 1 N–H and O–H groups in total. The summed E-state index contributed by atoms with van der Waals surface area (Å²) in [6.07, 6.45) is 2.33. The topological polar surface area (TPSA) is 41.6 Å². The summed E-state index contributed by atoms with van der Waals surface area (Å²) in [4.78, 5) is 14.8. The first-order valence-electron chi connectivity index (χ1n) is 9.09. The summed E-state index contributed by atoms with van der Waals surface area (Å²) >= 11 is 0. The fourth-order valence-electron chi connectivity index (χ4n) is 3.69. The van der Waals surface area contributed by atoms with E-state index in [1.54, 1.807) is 0 Å². The molecule has 1 saturated heterocycles. The molecule has 1 unspecified atom stereocenters. The van der Waals surface area contributed by atoms with Gasteiger partial charge >= 0.3 is 0 Å². The molecule has 0 radical (unpaired) electrons. The highest BCUT2D eigenvalue weighted by Crippen LogP contribution is 2.23. The Kier molecular flexibility index (Phi) is 4.70. The van der Waals surface area contributed by atoms with Crippen LogP contribution < -0.4 is 10.1 Å². The Balaban J connectivity index is 1.45. The lowest BCUT2D eigenvalue weighted by Crippen LogP contribution is -2.32. The number of nitrogens with one attached hydrogen (secondary N) is 1. The zero-order chi connectivity index (χ0) is 17.1. The van der Waals surface area contributed by atoms with Crippen LogP contribution >= 0.6 is 0 Å². The first kappa shape index (κ1) is 16.2. The SMILES string of the molecule is O=C(c1ccc(CC2CCNC2)cc1)N1CCOc2ccccc2C1. The predicted octanol–water partition coefficient (Wildman–Crippen LogP) is 2.87. The van der Waals surface area contributed by atoms with E-state index in [1.807, 2.05) is 41.3 Å². The Hall–Kier alpha value is -2.33. The van der Waals surface area contributed by atoms with Crippen LogP contribution in [-0.4, -0.2) is 37.0 Å². The largest absolute Gasteiger partial charge is 0.491 e. The number of nitrogens with zero attached hydrogens (tertiary/aromatic N) is 1. The molecule has 2 aliphatic heterocycles. The Bertz CT molecular complexity index is 736. The van der Waals surface area contributed by atoms with E-state index in [2.05, 4.69) is 17.4 Å². The van der Waals surface area contributed by atoms with Crippen molar-refractivity contribution in [3.63, 3.8) is 0 Å². The summed E-state index contributed by atoms with van der Waals surface area (Å²) in [5.41, 5.74) is 3.14. The first-order chi connectivity index (χ1) is 12.3. The van der Waals surface area contributed by atoms with Crippen LogP contribution in [0.4, 0.5) is 0 Å². The van der Waals surface area contributed by atoms with Gasteiger partial charge in [-0.2, -0.15) is 0 Å². The van der Waals surface area contributed by atoms with Crippen molar-refractivity contribution >= 4 is 5.91 Å². The van der Waals surface area contributed by atoms with Crippen LogP contribution in [0.2, 0.25) is 0 Å². The van der Waals surface area contributed by atoms with Crippen LogP contribution in [0.1, 0.15) is 27.9 Å². The second-order valence-corrected chi connectivity index (χ2v) is 6.94. The molecule has 0 aromatic heterocycles. The second-order valence-electron chi connectivity index (χ2n) is 6.94. The fourth-order valence-corrected chi connectivity index (χ4v) is 3.69. The maximum atomic E-state index is 12.9. The molecular formula is C21H24N2O2. The first-order valence-corrected chi connectivity index (χ1v) is 9.09. The number of ether oxygens (including phenoxy) is 1. The lowest BCUT2D eigenvalue weighted by Gasteiger charge is -2.20. The highest BCUT2D eigenvalue weighted by Gasteiger charge is 2.21. The van der Waals surface area contributed by atoms with Crippen LogP contribution in [-0.2, 0) is 13.0 Å². The molecule has 0 aliphatic carbocycles. The number of benzene rings is 2. The minimum absolute atomic E-state index is 0.0781. The Morgan fingerprint density at radius 3 is 2.80 bits per heavy atom. The number of hydrogen-bond acceptors (Lipinski definition) is 3. The zero-order valence-electron chi connectivity index (χ0n) is 14.4. The van der Waals surface area contributed by atoms with Gasteiger partial charge in [-0.15, -0.1) is 0 Å². The third kappa shape index (κ3) is 3.69. The zero-order valence-corrected chi connectivity index (χ0v) is 14.4. The van der Waals surface area contributed by atoms with Gasteiger partial charge in [0.1, 0.15) is 12.4 Å².